The van der Waals surface area contributed by atoms with Gasteiger partial charge in [-0.3, -0.25) is 5.41 Å². The Morgan fingerprint density at radius 3 is 2.67 bits per heavy atom. The molecule has 0 spiro atoms. The fraction of sp³-hybridized carbons (Fsp3) is 0.857. The lowest BCUT2D eigenvalue weighted by atomic mass is 10.0. The van der Waals surface area contributed by atoms with Crippen LogP contribution in [0.3, 0.4) is 0 Å². The predicted octanol–water partition coefficient (Wildman–Crippen LogP) is 1.37. The minimum atomic E-state index is 0.567. The summed E-state index contributed by atoms with van der Waals surface area (Å²) in [5.74, 6) is 1.39. The van der Waals surface area contributed by atoms with E-state index in [0.717, 1.165) is 12.8 Å². The lowest BCUT2D eigenvalue weighted by Gasteiger charge is -2.10. The van der Waals surface area contributed by atoms with Crippen LogP contribution in [0.2, 0.25) is 0 Å². The Morgan fingerprint density at radius 1 is 1.78 bits per heavy atom. The molecule has 2 unspecified atom stereocenters. The number of amidine groups is 1. The van der Waals surface area contributed by atoms with E-state index in [2.05, 4.69) is 19.2 Å². The topological polar surface area (TPSA) is 35.9 Å². The molecule has 2 nitrogen and oxygen atoms in total. The number of hydrogen-bond acceptors (Lipinski definition) is 1. The van der Waals surface area contributed by atoms with E-state index < -0.39 is 0 Å². The summed E-state index contributed by atoms with van der Waals surface area (Å²) in [6, 6.07) is 0.567. The van der Waals surface area contributed by atoms with Crippen LogP contribution in [0.25, 0.3) is 0 Å². The molecular formula is C7H14N2. The molecule has 0 saturated carbocycles. The van der Waals surface area contributed by atoms with Gasteiger partial charge < -0.3 is 5.32 Å². The second-order valence-corrected chi connectivity index (χ2v) is 2.82. The van der Waals surface area contributed by atoms with E-state index in [1.807, 2.05) is 0 Å². The van der Waals surface area contributed by atoms with Crippen molar-refractivity contribution >= 4 is 5.84 Å². The fourth-order valence-corrected chi connectivity index (χ4v) is 1.39. The number of hydrogen-bond donors (Lipinski definition) is 2. The Labute approximate surface area is 56.2 Å². The second kappa shape index (κ2) is 2.38. The average Bonchev–Trinajstić information content (AvgIpc) is 2.10. The van der Waals surface area contributed by atoms with Crippen molar-refractivity contribution < 1.29 is 0 Å². The van der Waals surface area contributed by atoms with Gasteiger partial charge in [-0.05, 0) is 12.3 Å². The molecule has 52 valence electrons. The largest absolute Gasteiger partial charge is 0.371 e. The van der Waals surface area contributed by atoms with E-state index in [4.69, 9.17) is 5.41 Å². The number of nitrogens with one attached hydrogen (secondary N) is 2. The lowest BCUT2D eigenvalue weighted by Crippen LogP contribution is -2.26. The highest BCUT2D eigenvalue weighted by Gasteiger charge is 2.23. The summed E-state index contributed by atoms with van der Waals surface area (Å²) in [5.41, 5.74) is 0. The molecule has 9 heavy (non-hydrogen) atoms. The first-order valence-corrected chi connectivity index (χ1v) is 3.58. The molecule has 0 aliphatic carbocycles. The molecule has 0 bridgehead atoms. The molecule has 0 aromatic carbocycles. The van der Waals surface area contributed by atoms with Crippen molar-refractivity contribution in [1.29, 1.82) is 5.41 Å². The summed E-state index contributed by atoms with van der Waals surface area (Å²) in [6.07, 6.45) is 2.09. The van der Waals surface area contributed by atoms with Gasteiger partial charge in [-0.15, -0.1) is 0 Å². The molecular weight excluding hydrogens is 112 g/mol. The van der Waals surface area contributed by atoms with Crippen LogP contribution in [0, 0.1) is 11.3 Å². The van der Waals surface area contributed by atoms with Crippen LogP contribution in [-0.2, 0) is 0 Å². The quantitative estimate of drug-likeness (QED) is 0.547. The van der Waals surface area contributed by atoms with Crippen molar-refractivity contribution in [2.24, 2.45) is 5.92 Å². The molecule has 0 aromatic rings. The maximum atomic E-state index is 7.30. The highest BCUT2D eigenvalue weighted by Crippen LogP contribution is 2.17. The van der Waals surface area contributed by atoms with Crippen LogP contribution in [-0.4, -0.2) is 11.9 Å². The summed E-state index contributed by atoms with van der Waals surface area (Å²) < 4.78 is 0. The Morgan fingerprint density at radius 2 is 2.44 bits per heavy atom. The summed E-state index contributed by atoms with van der Waals surface area (Å²) in [4.78, 5) is 0. The minimum Gasteiger partial charge on any atom is -0.371 e. The van der Waals surface area contributed by atoms with E-state index in [0.29, 0.717) is 17.8 Å². The standard InChI is InChI=1S/C7H14N2/c1-3-6-5(2)4-7(8)9-6/h5-6H,3-4H2,1-2H3,(H2,8,9). The predicted molar refractivity (Wildman–Crippen MR) is 38.7 cm³/mol. The monoisotopic (exact) mass is 126 g/mol. The molecule has 2 heteroatoms. The van der Waals surface area contributed by atoms with Gasteiger partial charge in [-0.1, -0.05) is 13.8 Å². The van der Waals surface area contributed by atoms with Crippen LogP contribution < -0.4 is 5.32 Å². The molecule has 0 amide bonds. The van der Waals surface area contributed by atoms with Crippen LogP contribution in [0.4, 0.5) is 0 Å². The Bertz CT molecular complexity index is 120. The van der Waals surface area contributed by atoms with Crippen molar-refractivity contribution in [1.82, 2.24) is 5.32 Å². The third-order valence-corrected chi connectivity index (χ3v) is 2.01. The maximum absolute atomic E-state index is 7.30. The Balaban J connectivity index is 2.47. The van der Waals surface area contributed by atoms with Crippen molar-refractivity contribution in [2.75, 3.05) is 0 Å². The molecule has 1 fully saturated rings. The minimum absolute atomic E-state index is 0.567. The van der Waals surface area contributed by atoms with Gasteiger partial charge >= 0.3 is 0 Å². The molecule has 0 radical (unpaired) electrons. The van der Waals surface area contributed by atoms with E-state index in [9.17, 15) is 0 Å². The van der Waals surface area contributed by atoms with Gasteiger partial charge in [0.1, 0.15) is 0 Å². The molecule has 0 aromatic heterocycles. The summed E-state index contributed by atoms with van der Waals surface area (Å²) in [7, 11) is 0. The van der Waals surface area contributed by atoms with Gasteiger partial charge in [0.15, 0.2) is 0 Å². The van der Waals surface area contributed by atoms with Gasteiger partial charge in [0, 0.05) is 12.5 Å². The maximum Gasteiger partial charge on any atom is 0.0937 e. The normalized spacial score (nSPS) is 34.7. The number of rotatable bonds is 1. The molecule has 1 rings (SSSR count). The van der Waals surface area contributed by atoms with E-state index >= 15 is 0 Å². The third kappa shape index (κ3) is 1.23. The zero-order chi connectivity index (χ0) is 6.85. The zero-order valence-corrected chi connectivity index (χ0v) is 6.07. The van der Waals surface area contributed by atoms with Gasteiger partial charge in [-0.2, -0.15) is 0 Å². The SMILES string of the molecule is CCC1NC(=N)CC1C. The van der Waals surface area contributed by atoms with E-state index in [1.54, 1.807) is 0 Å². The zero-order valence-electron chi connectivity index (χ0n) is 6.07. The van der Waals surface area contributed by atoms with Crippen molar-refractivity contribution in [3.8, 4) is 0 Å². The Hall–Kier alpha value is -0.530. The fourth-order valence-electron chi connectivity index (χ4n) is 1.39. The highest BCUT2D eigenvalue weighted by molar-refractivity contribution is 5.81. The highest BCUT2D eigenvalue weighted by atomic mass is 15.0. The summed E-state index contributed by atoms with van der Waals surface area (Å²) in [6.45, 7) is 4.36. The first-order valence-electron chi connectivity index (χ1n) is 3.58. The van der Waals surface area contributed by atoms with Crippen molar-refractivity contribution in [3.05, 3.63) is 0 Å². The third-order valence-electron chi connectivity index (χ3n) is 2.01. The van der Waals surface area contributed by atoms with Gasteiger partial charge in [-0.25, -0.2) is 0 Å². The van der Waals surface area contributed by atoms with Crippen LogP contribution in [0.15, 0.2) is 0 Å². The van der Waals surface area contributed by atoms with Gasteiger partial charge in [0.25, 0.3) is 0 Å². The molecule has 1 heterocycles. The summed E-state index contributed by atoms with van der Waals surface area (Å²) >= 11 is 0. The molecule has 2 N–H and O–H groups in total. The lowest BCUT2D eigenvalue weighted by molar-refractivity contribution is 0.471. The summed E-state index contributed by atoms with van der Waals surface area (Å²) in [5, 5.41) is 10.4. The Kier molecular flexibility index (Phi) is 1.74. The second-order valence-electron chi connectivity index (χ2n) is 2.82. The van der Waals surface area contributed by atoms with Crippen LogP contribution in [0.1, 0.15) is 26.7 Å². The van der Waals surface area contributed by atoms with Crippen molar-refractivity contribution in [3.63, 3.8) is 0 Å². The first-order chi connectivity index (χ1) is 4.24. The van der Waals surface area contributed by atoms with E-state index in [1.165, 1.54) is 0 Å². The smallest absolute Gasteiger partial charge is 0.0937 e. The van der Waals surface area contributed by atoms with E-state index in [-0.39, 0.29) is 0 Å². The van der Waals surface area contributed by atoms with Crippen LogP contribution in [0.5, 0.6) is 0 Å². The first kappa shape index (κ1) is 6.59. The average molecular weight is 126 g/mol. The van der Waals surface area contributed by atoms with Crippen molar-refractivity contribution in [2.45, 2.75) is 32.7 Å². The van der Waals surface area contributed by atoms with Gasteiger partial charge in [0.2, 0.25) is 0 Å². The molecule has 1 aliphatic heterocycles. The molecule has 2 atom stereocenters. The van der Waals surface area contributed by atoms with Gasteiger partial charge in [0.05, 0.1) is 5.84 Å². The molecule has 1 aliphatic rings. The molecule has 1 saturated heterocycles. The van der Waals surface area contributed by atoms with Crippen LogP contribution >= 0.6 is 0 Å².